The van der Waals surface area contributed by atoms with Gasteiger partial charge in [0, 0.05) is 32.6 Å². The van der Waals surface area contributed by atoms with Gasteiger partial charge in [0.25, 0.3) is 5.91 Å². The van der Waals surface area contributed by atoms with Gasteiger partial charge in [0.05, 0.1) is 10.4 Å². The van der Waals surface area contributed by atoms with Crippen molar-refractivity contribution in [3.63, 3.8) is 0 Å². The molecule has 0 aliphatic heterocycles. The van der Waals surface area contributed by atoms with Gasteiger partial charge >= 0.3 is 6.18 Å². The van der Waals surface area contributed by atoms with Crippen LogP contribution in [0.3, 0.4) is 0 Å². The molecular weight excluding hydrogens is 403 g/mol. The molecule has 0 spiro atoms. The quantitative estimate of drug-likeness (QED) is 0.667. The molecule has 0 aliphatic carbocycles. The molecule has 0 bridgehead atoms. The number of hydrogen-bond acceptors (Lipinski definition) is 4. The van der Waals surface area contributed by atoms with E-state index in [1.54, 1.807) is 23.6 Å². The molecule has 2 aromatic rings. The number of alkyl halides is 3. The van der Waals surface area contributed by atoms with Crippen molar-refractivity contribution in [2.75, 3.05) is 33.7 Å². The van der Waals surface area contributed by atoms with E-state index >= 15 is 0 Å². The fourth-order valence-corrected chi connectivity index (χ4v) is 3.26. The van der Waals surface area contributed by atoms with Crippen LogP contribution in [0.5, 0.6) is 0 Å². The number of halogens is 3. The Morgan fingerprint density at radius 2 is 1.86 bits per heavy atom. The predicted octanol–water partition coefficient (Wildman–Crippen LogP) is 3.48. The molecule has 0 radical (unpaired) electrons. The fourth-order valence-electron chi connectivity index (χ4n) is 2.61. The summed E-state index contributed by atoms with van der Waals surface area (Å²) in [5, 5.41) is 4.48. The molecule has 29 heavy (non-hydrogen) atoms. The molecule has 2 rings (SSSR count). The van der Waals surface area contributed by atoms with Gasteiger partial charge in [-0.3, -0.25) is 9.59 Å². The number of likely N-dealkylation sites (N-methyl/N-ethyl adjacent to an activating group) is 1. The maximum Gasteiger partial charge on any atom is 0.416 e. The highest BCUT2D eigenvalue weighted by Crippen LogP contribution is 2.29. The van der Waals surface area contributed by atoms with E-state index < -0.39 is 11.7 Å². The van der Waals surface area contributed by atoms with Crippen molar-refractivity contribution >= 4 is 23.2 Å². The molecule has 1 N–H and O–H groups in total. The summed E-state index contributed by atoms with van der Waals surface area (Å²) in [7, 11) is 3.71. The first-order valence-corrected chi connectivity index (χ1v) is 9.95. The van der Waals surface area contributed by atoms with Gasteiger partial charge < -0.3 is 15.1 Å². The zero-order valence-corrected chi connectivity index (χ0v) is 17.1. The smallest absolute Gasteiger partial charge is 0.351 e. The first-order chi connectivity index (χ1) is 13.7. The van der Waals surface area contributed by atoms with Crippen LogP contribution in [-0.4, -0.2) is 55.3 Å². The molecule has 2 amide bonds. The molecule has 1 aromatic carbocycles. The fraction of sp³-hybridized carbons (Fsp3) is 0.400. The van der Waals surface area contributed by atoms with E-state index in [1.807, 2.05) is 19.0 Å². The molecular formula is C20H24F3N3O2S. The van der Waals surface area contributed by atoms with Gasteiger partial charge in [-0.05, 0) is 43.2 Å². The standard InChI is InChI=1S/C20H24F3N3O2S/c1-25(2)10-11-26(14-15-5-3-6-16(13-15)20(21,22)23)18(27)8-9-24-19(28)17-7-4-12-29-17/h3-7,12-13H,8-11,14H2,1-2H3,(H,24,28). The molecule has 0 saturated carbocycles. The number of benzene rings is 1. The SMILES string of the molecule is CN(C)CCN(Cc1cccc(C(F)(F)F)c1)C(=O)CCNC(=O)c1cccs1. The van der Waals surface area contributed by atoms with E-state index in [1.165, 1.54) is 22.3 Å². The number of carbonyl (C=O) groups is 2. The van der Waals surface area contributed by atoms with Crippen molar-refractivity contribution in [2.24, 2.45) is 0 Å². The summed E-state index contributed by atoms with van der Waals surface area (Å²) in [6.07, 6.45) is -4.36. The van der Waals surface area contributed by atoms with Gasteiger partial charge in [-0.2, -0.15) is 13.2 Å². The van der Waals surface area contributed by atoms with Gasteiger partial charge in [-0.1, -0.05) is 18.2 Å². The molecule has 158 valence electrons. The van der Waals surface area contributed by atoms with Gasteiger partial charge in [0.1, 0.15) is 0 Å². The van der Waals surface area contributed by atoms with E-state index in [2.05, 4.69) is 5.32 Å². The second kappa shape index (κ2) is 10.4. The average Bonchev–Trinajstić information content (AvgIpc) is 3.19. The Morgan fingerprint density at radius 1 is 1.10 bits per heavy atom. The third-order valence-corrected chi connectivity index (χ3v) is 5.04. The second-order valence-electron chi connectivity index (χ2n) is 6.80. The Hall–Kier alpha value is -2.39. The third kappa shape index (κ3) is 7.51. The van der Waals surface area contributed by atoms with Crippen LogP contribution in [0.1, 0.15) is 27.2 Å². The predicted molar refractivity (Wildman–Crippen MR) is 107 cm³/mol. The summed E-state index contributed by atoms with van der Waals surface area (Å²) >= 11 is 1.31. The highest BCUT2D eigenvalue weighted by Gasteiger charge is 2.30. The topological polar surface area (TPSA) is 52.6 Å². The molecule has 0 fully saturated rings. The van der Waals surface area contributed by atoms with Crippen LogP contribution in [0, 0.1) is 0 Å². The summed E-state index contributed by atoms with van der Waals surface area (Å²) in [5.74, 6) is -0.471. The molecule has 0 aliphatic rings. The van der Waals surface area contributed by atoms with Crippen LogP contribution in [-0.2, 0) is 17.5 Å². The van der Waals surface area contributed by atoms with Crippen LogP contribution < -0.4 is 5.32 Å². The lowest BCUT2D eigenvalue weighted by molar-refractivity contribution is -0.137. The number of rotatable bonds is 9. The lowest BCUT2D eigenvalue weighted by Gasteiger charge is -2.25. The summed E-state index contributed by atoms with van der Waals surface area (Å²) in [4.78, 5) is 28.6. The number of hydrogen-bond donors (Lipinski definition) is 1. The van der Waals surface area contributed by atoms with Crippen LogP contribution in [0.15, 0.2) is 41.8 Å². The maximum atomic E-state index is 12.9. The Balaban J connectivity index is 1.99. The number of nitrogens with zero attached hydrogens (tertiary/aromatic N) is 2. The van der Waals surface area contributed by atoms with Gasteiger partial charge in [0.15, 0.2) is 0 Å². The Bertz CT molecular complexity index is 808. The second-order valence-corrected chi connectivity index (χ2v) is 7.75. The summed E-state index contributed by atoms with van der Waals surface area (Å²) in [6.45, 7) is 1.19. The molecule has 0 atom stereocenters. The van der Waals surface area contributed by atoms with Crippen molar-refractivity contribution in [1.82, 2.24) is 15.1 Å². The monoisotopic (exact) mass is 427 g/mol. The zero-order valence-electron chi connectivity index (χ0n) is 16.3. The van der Waals surface area contributed by atoms with E-state index in [9.17, 15) is 22.8 Å². The normalized spacial score (nSPS) is 11.5. The number of thiophene rings is 1. The molecule has 9 heteroatoms. The average molecular weight is 427 g/mol. The molecule has 1 aromatic heterocycles. The number of nitrogens with one attached hydrogen (secondary N) is 1. The van der Waals surface area contributed by atoms with Crippen LogP contribution >= 0.6 is 11.3 Å². The number of carbonyl (C=O) groups excluding carboxylic acids is 2. The first-order valence-electron chi connectivity index (χ1n) is 9.07. The minimum absolute atomic E-state index is 0.0729. The minimum atomic E-state index is -4.43. The minimum Gasteiger partial charge on any atom is -0.351 e. The van der Waals surface area contributed by atoms with E-state index in [0.717, 1.165) is 12.1 Å². The maximum absolute atomic E-state index is 12.9. The largest absolute Gasteiger partial charge is 0.416 e. The van der Waals surface area contributed by atoms with Crippen molar-refractivity contribution in [2.45, 2.75) is 19.1 Å². The van der Waals surface area contributed by atoms with Crippen LogP contribution in [0.2, 0.25) is 0 Å². The van der Waals surface area contributed by atoms with Crippen molar-refractivity contribution in [1.29, 1.82) is 0 Å². The zero-order chi connectivity index (χ0) is 21.4. The molecule has 0 saturated heterocycles. The van der Waals surface area contributed by atoms with E-state index in [-0.39, 0.29) is 31.3 Å². The Kier molecular flexibility index (Phi) is 8.21. The van der Waals surface area contributed by atoms with Crippen molar-refractivity contribution in [3.8, 4) is 0 Å². The van der Waals surface area contributed by atoms with E-state index in [4.69, 9.17) is 0 Å². The van der Waals surface area contributed by atoms with Crippen LogP contribution in [0.4, 0.5) is 13.2 Å². The van der Waals surface area contributed by atoms with Crippen LogP contribution in [0.25, 0.3) is 0 Å². The number of amides is 2. The van der Waals surface area contributed by atoms with Gasteiger partial charge in [0.2, 0.25) is 5.91 Å². The van der Waals surface area contributed by atoms with E-state index in [0.29, 0.717) is 23.5 Å². The van der Waals surface area contributed by atoms with Crippen molar-refractivity contribution < 1.29 is 22.8 Å². The molecule has 5 nitrogen and oxygen atoms in total. The lowest BCUT2D eigenvalue weighted by atomic mass is 10.1. The molecule has 0 unspecified atom stereocenters. The van der Waals surface area contributed by atoms with Gasteiger partial charge in [-0.25, -0.2) is 0 Å². The Labute approximate surface area is 172 Å². The highest BCUT2D eigenvalue weighted by atomic mass is 32.1. The van der Waals surface area contributed by atoms with Crippen molar-refractivity contribution in [3.05, 3.63) is 57.8 Å². The Morgan fingerprint density at radius 3 is 2.48 bits per heavy atom. The third-order valence-electron chi connectivity index (χ3n) is 4.17. The lowest BCUT2D eigenvalue weighted by Crippen LogP contribution is -2.38. The molecule has 1 heterocycles. The first kappa shape index (κ1) is 22.9. The summed E-state index contributed by atoms with van der Waals surface area (Å²) < 4.78 is 38.8. The summed E-state index contributed by atoms with van der Waals surface area (Å²) in [6, 6.07) is 8.45. The summed E-state index contributed by atoms with van der Waals surface area (Å²) in [5.41, 5.74) is -0.326. The highest BCUT2D eigenvalue weighted by molar-refractivity contribution is 7.12. The van der Waals surface area contributed by atoms with Gasteiger partial charge in [-0.15, -0.1) is 11.3 Å².